The molecule has 2 N–H and O–H groups in total. The van der Waals surface area contributed by atoms with Crippen LogP contribution in [0.2, 0.25) is 0 Å². The van der Waals surface area contributed by atoms with E-state index < -0.39 is 12.2 Å². The number of ether oxygens (including phenoxy) is 1. The Kier molecular flexibility index (Phi) is 6.57. The highest BCUT2D eigenvalue weighted by atomic mass is 16.5. The first-order valence-corrected chi connectivity index (χ1v) is 12.5. The van der Waals surface area contributed by atoms with Crippen molar-refractivity contribution < 1.29 is 19.7 Å². The fraction of sp³-hybridized carbons (Fsp3) is 0.679. The molecule has 0 radical (unpaired) electrons. The summed E-state index contributed by atoms with van der Waals surface area (Å²) in [6.07, 6.45) is 11.4. The molecule has 0 amide bonds. The quantitative estimate of drug-likeness (QED) is 0.462. The Balaban J connectivity index is 1.48. The van der Waals surface area contributed by atoms with Crippen LogP contribution < -0.4 is 0 Å². The number of rotatable bonds is 4. The van der Waals surface area contributed by atoms with E-state index in [1.807, 2.05) is 6.92 Å². The predicted octanol–water partition coefficient (Wildman–Crippen LogP) is 5.27. The molecule has 0 aromatic heterocycles. The maximum Gasteiger partial charge on any atom is 0.333 e. The summed E-state index contributed by atoms with van der Waals surface area (Å²) in [4.78, 5) is 11.7. The Labute approximate surface area is 193 Å². The molecule has 4 fully saturated rings. The Morgan fingerprint density at radius 1 is 1.22 bits per heavy atom. The van der Waals surface area contributed by atoms with Crippen molar-refractivity contribution in [1.82, 2.24) is 0 Å². The van der Waals surface area contributed by atoms with Crippen LogP contribution in [0.15, 0.2) is 47.6 Å². The first-order chi connectivity index (χ1) is 15.1. The van der Waals surface area contributed by atoms with Gasteiger partial charge in [-0.1, -0.05) is 51.7 Å². The summed E-state index contributed by atoms with van der Waals surface area (Å²) in [6, 6.07) is 0. The molecule has 0 unspecified atom stereocenters. The van der Waals surface area contributed by atoms with E-state index in [1.165, 1.54) is 31.3 Å². The maximum atomic E-state index is 11.7. The van der Waals surface area contributed by atoms with E-state index >= 15 is 0 Å². The van der Waals surface area contributed by atoms with Crippen molar-refractivity contribution in [1.29, 1.82) is 0 Å². The monoisotopic (exact) mass is 440 g/mol. The lowest BCUT2D eigenvalue weighted by molar-refractivity contribution is -0.139. The van der Waals surface area contributed by atoms with E-state index in [4.69, 9.17) is 4.74 Å². The summed E-state index contributed by atoms with van der Waals surface area (Å²) in [5.41, 5.74) is 4.14. The summed E-state index contributed by atoms with van der Waals surface area (Å²) >= 11 is 0. The molecule has 0 aromatic rings. The van der Waals surface area contributed by atoms with Gasteiger partial charge in [-0.25, -0.2) is 4.79 Å². The third-order valence-electron chi connectivity index (χ3n) is 9.20. The number of cyclic esters (lactones) is 1. The number of hydrogen-bond donors (Lipinski definition) is 2. The van der Waals surface area contributed by atoms with Crippen molar-refractivity contribution in [3.63, 3.8) is 0 Å². The van der Waals surface area contributed by atoms with Crippen LogP contribution in [-0.2, 0) is 9.53 Å². The molecule has 32 heavy (non-hydrogen) atoms. The average molecular weight is 441 g/mol. The molecule has 0 spiro atoms. The third kappa shape index (κ3) is 4.17. The van der Waals surface area contributed by atoms with Gasteiger partial charge < -0.3 is 14.9 Å². The highest BCUT2D eigenvalue weighted by Gasteiger charge is 2.51. The van der Waals surface area contributed by atoms with Crippen molar-refractivity contribution in [3.8, 4) is 0 Å². The molecular formula is C28H40O4. The largest absolute Gasteiger partial charge is 0.459 e. The Hall–Kier alpha value is -1.65. The molecule has 1 saturated heterocycles. The molecule has 0 bridgehead atoms. The lowest BCUT2D eigenvalue weighted by Gasteiger charge is -2.44. The Morgan fingerprint density at radius 2 is 1.97 bits per heavy atom. The van der Waals surface area contributed by atoms with Crippen LogP contribution in [0.5, 0.6) is 0 Å². The molecule has 176 valence electrons. The first kappa shape index (κ1) is 23.5. The van der Waals surface area contributed by atoms with E-state index in [1.54, 1.807) is 0 Å². The summed E-state index contributed by atoms with van der Waals surface area (Å²) in [7, 11) is 0. The maximum absolute atomic E-state index is 11.7. The van der Waals surface area contributed by atoms with Crippen molar-refractivity contribution in [2.75, 3.05) is 0 Å². The van der Waals surface area contributed by atoms with Crippen molar-refractivity contribution in [2.45, 2.75) is 90.4 Å². The number of esters is 1. The average Bonchev–Trinajstić information content (AvgIpc) is 3.26. The molecule has 4 rings (SSSR count). The third-order valence-corrected chi connectivity index (χ3v) is 9.20. The molecule has 3 aliphatic carbocycles. The minimum atomic E-state index is -0.669. The van der Waals surface area contributed by atoms with Crippen LogP contribution >= 0.6 is 0 Å². The minimum absolute atomic E-state index is 0.00598. The summed E-state index contributed by atoms with van der Waals surface area (Å²) in [6.45, 7) is 14.6. The molecular weight excluding hydrogens is 400 g/mol. The molecule has 4 heteroatoms. The van der Waals surface area contributed by atoms with Crippen molar-refractivity contribution in [3.05, 3.63) is 47.6 Å². The van der Waals surface area contributed by atoms with Crippen molar-refractivity contribution in [2.24, 2.45) is 29.1 Å². The summed E-state index contributed by atoms with van der Waals surface area (Å²) < 4.78 is 5.53. The normalized spacial score (nSPS) is 43.6. The van der Waals surface area contributed by atoms with Crippen LogP contribution in [0.25, 0.3) is 0 Å². The number of allylic oxidation sites excluding steroid dienone is 3. The molecule has 3 saturated carbocycles. The van der Waals surface area contributed by atoms with Gasteiger partial charge in [-0.2, -0.15) is 0 Å². The fourth-order valence-electron chi connectivity index (χ4n) is 7.20. The van der Waals surface area contributed by atoms with Crippen LogP contribution in [0, 0.1) is 29.1 Å². The molecule has 1 aliphatic heterocycles. The van der Waals surface area contributed by atoms with E-state index in [0.717, 1.165) is 24.0 Å². The zero-order valence-electron chi connectivity index (χ0n) is 20.0. The Morgan fingerprint density at radius 3 is 2.66 bits per heavy atom. The zero-order chi connectivity index (χ0) is 23.2. The minimum Gasteiger partial charge on any atom is -0.459 e. The van der Waals surface area contributed by atoms with Crippen LogP contribution in [0.4, 0.5) is 0 Å². The van der Waals surface area contributed by atoms with Gasteiger partial charge in [-0.15, -0.1) is 0 Å². The Bertz CT molecular complexity index is 835. The fourth-order valence-corrected chi connectivity index (χ4v) is 7.20. The van der Waals surface area contributed by atoms with Crippen LogP contribution in [0.1, 0.15) is 72.1 Å². The zero-order valence-corrected chi connectivity index (χ0v) is 20.0. The standard InChI is InChI=1S/C28H40O4/c1-16(13-22-14-17(2)27(31)32-22)23-10-11-24-20(7-6-12-28(23,24)5)8-9-21-15-25(29)19(4)26(30)18(21)3/h8-9,16,19,22-26,29-30H,2-3,6-7,10-15H2,1,4-5H3/t16-,19+,22+,23-,24+,25+,26+,28-/m1/s1. The topological polar surface area (TPSA) is 66.8 Å². The number of aliphatic hydroxyl groups is 2. The van der Waals surface area contributed by atoms with Gasteiger partial charge in [0, 0.05) is 17.9 Å². The second-order valence-electron chi connectivity index (χ2n) is 11.2. The molecule has 8 atom stereocenters. The number of carbonyl (C=O) groups is 1. The van der Waals surface area contributed by atoms with Gasteiger partial charge in [0.1, 0.15) is 6.10 Å². The van der Waals surface area contributed by atoms with Gasteiger partial charge in [0.05, 0.1) is 12.2 Å². The van der Waals surface area contributed by atoms with Gasteiger partial charge in [0.2, 0.25) is 0 Å². The highest BCUT2D eigenvalue weighted by Crippen LogP contribution is 2.60. The van der Waals surface area contributed by atoms with Gasteiger partial charge in [0.15, 0.2) is 0 Å². The van der Waals surface area contributed by atoms with E-state index in [0.29, 0.717) is 36.2 Å². The summed E-state index contributed by atoms with van der Waals surface area (Å²) in [5.74, 6) is 1.33. The lowest BCUT2D eigenvalue weighted by Crippen LogP contribution is -2.37. The highest BCUT2D eigenvalue weighted by molar-refractivity contribution is 5.89. The van der Waals surface area contributed by atoms with E-state index in [-0.39, 0.29) is 23.4 Å². The smallest absolute Gasteiger partial charge is 0.333 e. The first-order valence-electron chi connectivity index (χ1n) is 12.5. The van der Waals surface area contributed by atoms with E-state index in [9.17, 15) is 15.0 Å². The second kappa shape index (κ2) is 8.95. The number of fused-ring (bicyclic) bond motifs is 1. The van der Waals surface area contributed by atoms with Crippen LogP contribution in [-0.4, -0.2) is 34.5 Å². The second-order valence-corrected chi connectivity index (χ2v) is 11.2. The van der Waals surface area contributed by atoms with Gasteiger partial charge >= 0.3 is 5.97 Å². The van der Waals surface area contributed by atoms with E-state index in [2.05, 4.69) is 39.2 Å². The molecule has 0 aromatic carbocycles. The molecule has 4 aliphatic rings. The van der Waals surface area contributed by atoms with Gasteiger partial charge in [0.25, 0.3) is 0 Å². The van der Waals surface area contributed by atoms with Crippen LogP contribution in [0.3, 0.4) is 0 Å². The van der Waals surface area contributed by atoms with Crippen molar-refractivity contribution >= 4 is 5.97 Å². The lowest BCUT2D eigenvalue weighted by atomic mass is 9.60. The number of hydrogen-bond acceptors (Lipinski definition) is 4. The number of aliphatic hydroxyl groups excluding tert-OH is 2. The molecule has 1 heterocycles. The van der Waals surface area contributed by atoms with Gasteiger partial charge in [-0.3, -0.25) is 0 Å². The SMILES string of the molecule is C=C1C[C@H](C[C@@H](C)[C@H]2CC[C@H]3C(=CC=C4C[C@H](O)[C@H](C)[C@@H](O)C4=C)CCC[C@]23C)OC1=O. The summed E-state index contributed by atoms with van der Waals surface area (Å²) in [5, 5.41) is 20.7. The predicted molar refractivity (Wildman–Crippen MR) is 127 cm³/mol. The number of carbonyl (C=O) groups excluding carboxylic acids is 1. The molecule has 4 nitrogen and oxygen atoms in total. The van der Waals surface area contributed by atoms with Gasteiger partial charge in [-0.05, 0) is 79.3 Å².